The average molecular weight is 466 g/mol. The first kappa shape index (κ1) is 23.2. The van der Waals surface area contributed by atoms with Crippen molar-refractivity contribution in [2.24, 2.45) is 0 Å². The smallest absolute Gasteiger partial charge is 0.257 e. The average Bonchev–Trinajstić information content (AvgIpc) is 3.08. The second-order valence-electron chi connectivity index (χ2n) is 8.36. The third-order valence-corrected chi connectivity index (χ3v) is 6.10. The molecule has 3 aromatic rings. The standard InChI is InChI=1S/C24H27N5O5/c1-14-5-6-17(15(2)11-14)24(32)28-8-7-19-22(20(33-4)12-21(30)29(19)10-9-28)23(31)25-13-18-16(3)26-34-27-18/h5-6,11-12H,7-10,13H2,1-4H3,(H,25,31). The Morgan fingerprint density at radius 3 is 2.59 bits per heavy atom. The van der Waals surface area contributed by atoms with Crippen molar-refractivity contribution >= 4 is 11.8 Å². The molecule has 2 amide bonds. The van der Waals surface area contributed by atoms with Crippen LogP contribution < -0.4 is 15.6 Å². The molecule has 0 unspecified atom stereocenters. The predicted octanol–water partition coefficient (Wildman–Crippen LogP) is 1.79. The highest BCUT2D eigenvalue weighted by Gasteiger charge is 2.27. The molecular formula is C24H27N5O5. The largest absolute Gasteiger partial charge is 0.496 e. The number of carbonyl (C=O) groups is 2. The SMILES string of the molecule is COc1cc(=O)n2c(c1C(=O)NCc1nonc1C)CCN(C(=O)c1ccc(C)cc1C)CC2. The minimum Gasteiger partial charge on any atom is -0.496 e. The molecule has 0 fully saturated rings. The molecule has 0 spiro atoms. The number of rotatable bonds is 5. The van der Waals surface area contributed by atoms with Crippen molar-refractivity contribution in [2.45, 2.75) is 40.3 Å². The van der Waals surface area contributed by atoms with E-state index in [0.717, 1.165) is 11.1 Å². The van der Waals surface area contributed by atoms with Crippen LogP contribution in [0.25, 0.3) is 0 Å². The van der Waals surface area contributed by atoms with E-state index < -0.39 is 5.91 Å². The molecule has 1 aliphatic heterocycles. The van der Waals surface area contributed by atoms with Crippen molar-refractivity contribution in [3.05, 3.63) is 74.0 Å². The van der Waals surface area contributed by atoms with Crippen LogP contribution in [0.1, 0.15) is 48.9 Å². The van der Waals surface area contributed by atoms with E-state index in [1.165, 1.54) is 13.2 Å². The molecule has 0 saturated heterocycles. The monoisotopic (exact) mass is 465 g/mol. The second-order valence-corrected chi connectivity index (χ2v) is 8.36. The fourth-order valence-electron chi connectivity index (χ4n) is 4.24. The molecule has 3 heterocycles. The Bertz CT molecular complexity index is 1310. The Morgan fingerprint density at radius 2 is 1.91 bits per heavy atom. The van der Waals surface area contributed by atoms with Gasteiger partial charge in [0, 0.05) is 43.4 Å². The van der Waals surface area contributed by atoms with E-state index in [9.17, 15) is 14.4 Å². The maximum Gasteiger partial charge on any atom is 0.257 e. The van der Waals surface area contributed by atoms with Crippen LogP contribution in [-0.4, -0.2) is 51.8 Å². The van der Waals surface area contributed by atoms with Gasteiger partial charge in [0.05, 0.1) is 13.7 Å². The lowest BCUT2D eigenvalue weighted by Gasteiger charge is -2.21. The van der Waals surface area contributed by atoms with Gasteiger partial charge >= 0.3 is 0 Å². The number of aromatic nitrogens is 3. The van der Waals surface area contributed by atoms with E-state index in [4.69, 9.17) is 4.74 Å². The van der Waals surface area contributed by atoms with Crippen molar-refractivity contribution < 1.29 is 19.0 Å². The van der Waals surface area contributed by atoms with Crippen LogP contribution >= 0.6 is 0 Å². The van der Waals surface area contributed by atoms with Gasteiger partial charge in [-0.1, -0.05) is 28.0 Å². The van der Waals surface area contributed by atoms with Crippen molar-refractivity contribution in [2.75, 3.05) is 20.2 Å². The summed E-state index contributed by atoms with van der Waals surface area (Å²) in [5.41, 5.74) is 4.25. The third-order valence-electron chi connectivity index (χ3n) is 6.10. The molecular weight excluding hydrogens is 438 g/mol. The summed E-state index contributed by atoms with van der Waals surface area (Å²) in [6, 6.07) is 7.03. The van der Waals surface area contributed by atoms with E-state index in [1.807, 2.05) is 32.0 Å². The number of fused-ring (bicyclic) bond motifs is 1. The molecule has 0 bridgehead atoms. The Kier molecular flexibility index (Phi) is 6.49. The van der Waals surface area contributed by atoms with Crippen LogP contribution in [0.5, 0.6) is 5.75 Å². The van der Waals surface area contributed by atoms with E-state index in [2.05, 4.69) is 20.3 Å². The highest BCUT2D eigenvalue weighted by Crippen LogP contribution is 2.24. The first-order chi connectivity index (χ1) is 16.3. The van der Waals surface area contributed by atoms with Gasteiger partial charge in [-0.25, -0.2) is 4.63 Å². The highest BCUT2D eigenvalue weighted by atomic mass is 16.6. The van der Waals surface area contributed by atoms with Crippen molar-refractivity contribution in [1.29, 1.82) is 0 Å². The third kappa shape index (κ3) is 4.43. The van der Waals surface area contributed by atoms with Crippen LogP contribution in [-0.2, 0) is 19.5 Å². The van der Waals surface area contributed by atoms with Crippen LogP contribution in [0.15, 0.2) is 33.7 Å². The zero-order valence-electron chi connectivity index (χ0n) is 19.7. The maximum atomic E-state index is 13.2. The van der Waals surface area contributed by atoms with Gasteiger partial charge in [0.15, 0.2) is 0 Å². The van der Waals surface area contributed by atoms with Crippen LogP contribution in [0.4, 0.5) is 0 Å². The summed E-state index contributed by atoms with van der Waals surface area (Å²) in [6.07, 6.45) is 0.330. The summed E-state index contributed by atoms with van der Waals surface area (Å²) in [6.45, 7) is 6.75. The summed E-state index contributed by atoms with van der Waals surface area (Å²) in [7, 11) is 1.42. The quantitative estimate of drug-likeness (QED) is 0.610. The Hall–Kier alpha value is -3.95. The fourth-order valence-corrected chi connectivity index (χ4v) is 4.24. The van der Waals surface area contributed by atoms with Gasteiger partial charge in [-0.15, -0.1) is 0 Å². The minimum atomic E-state index is -0.405. The molecule has 178 valence electrons. The first-order valence-corrected chi connectivity index (χ1v) is 11.0. The van der Waals surface area contributed by atoms with Gasteiger partial charge < -0.3 is 19.5 Å². The maximum absolute atomic E-state index is 13.2. The van der Waals surface area contributed by atoms with Gasteiger partial charge in [-0.2, -0.15) is 0 Å². The number of nitrogens with one attached hydrogen (secondary N) is 1. The van der Waals surface area contributed by atoms with E-state index >= 15 is 0 Å². The molecule has 0 aliphatic carbocycles. The summed E-state index contributed by atoms with van der Waals surface area (Å²) in [5, 5.41) is 10.3. The second kappa shape index (κ2) is 9.50. The zero-order chi connectivity index (χ0) is 24.4. The Labute approximate surface area is 196 Å². The number of nitrogens with zero attached hydrogens (tertiary/aromatic N) is 4. The van der Waals surface area contributed by atoms with E-state index in [-0.39, 0.29) is 35.9 Å². The van der Waals surface area contributed by atoms with Crippen LogP contribution in [0.2, 0.25) is 0 Å². The summed E-state index contributed by atoms with van der Waals surface area (Å²) in [4.78, 5) is 41.0. The van der Waals surface area contributed by atoms with E-state index in [1.54, 1.807) is 16.4 Å². The molecule has 0 atom stereocenters. The first-order valence-electron chi connectivity index (χ1n) is 11.0. The van der Waals surface area contributed by atoms with Gasteiger partial charge in [0.1, 0.15) is 22.7 Å². The van der Waals surface area contributed by atoms with Gasteiger partial charge in [0.25, 0.3) is 17.4 Å². The lowest BCUT2D eigenvalue weighted by Crippen LogP contribution is -2.34. The van der Waals surface area contributed by atoms with Crippen molar-refractivity contribution in [3.63, 3.8) is 0 Å². The van der Waals surface area contributed by atoms with Gasteiger partial charge in [-0.05, 0) is 32.4 Å². The Balaban J connectivity index is 1.62. The van der Waals surface area contributed by atoms with Crippen molar-refractivity contribution in [1.82, 2.24) is 25.1 Å². The van der Waals surface area contributed by atoms with Gasteiger partial charge in [0.2, 0.25) is 0 Å². The van der Waals surface area contributed by atoms with Gasteiger partial charge in [-0.3, -0.25) is 14.4 Å². The molecule has 34 heavy (non-hydrogen) atoms. The minimum absolute atomic E-state index is 0.0923. The molecule has 0 saturated carbocycles. The molecule has 1 aliphatic rings. The topological polar surface area (TPSA) is 120 Å². The molecule has 1 aromatic carbocycles. The molecule has 10 nitrogen and oxygen atoms in total. The highest BCUT2D eigenvalue weighted by molar-refractivity contribution is 5.98. The Morgan fingerprint density at radius 1 is 1.12 bits per heavy atom. The molecule has 0 radical (unpaired) electrons. The number of ether oxygens (including phenoxy) is 1. The molecule has 2 aromatic heterocycles. The lowest BCUT2D eigenvalue weighted by atomic mass is 10.0. The summed E-state index contributed by atoms with van der Waals surface area (Å²) < 4.78 is 11.6. The van der Waals surface area contributed by atoms with E-state index in [0.29, 0.717) is 42.2 Å². The molecule has 10 heteroatoms. The number of methoxy groups -OCH3 is 1. The van der Waals surface area contributed by atoms with Crippen LogP contribution in [0.3, 0.4) is 0 Å². The normalized spacial score (nSPS) is 13.2. The number of pyridine rings is 1. The number of hydrogen-bond donors (Lipinski definition) is 1. The number of benzene rings is 1. The lowest BCUT2D eigenvalue weighted by molar-refractivity contribution is 0.0758. The number of hydrogen-bond acceptors (Lipinski definition) is 7. The molecule has 4 rings (SSSR count). The summed E-state index contributed by atoms with van der Waals surface area (Å²) in [5.74, 6) is -0.305. The fraction of sp³-hybridized carbons (Fsp3) is 0.375. The number of carbonyl (C=O) groups excluding carboxylic acids is 2. The number of amides is 2. The predicted molar refractivity (Wildman–Crippen MR) is 123 cm³/mol. The van der Waals surface area contributed by atoms with Crippen molar-refractivity contribution in [3.8, 4) is 5.75 Å². The summed E-state index contributed by atoms with van der Waals surface area (Å²) >= 11 is 0. The number of aryl methyl sites for hydroxylation is 3. The van der Waals surface area contributed by atoms with Crippen LogP contribution in [0, 0.1) is 20.8 Å². The zero-order valence-corrected chi connectivity index (χ0v) is 19.7. The molecule has 1 N–H and O–H groups in total.